The molecule has 0 unspecified atom stereocenters. The number of carbonyl (C=O) groups is 1. The normalized spacial score (nSPS) is 10.3. The van der Waals surface area contributed by atoms with Crippen molar-refractivity contribution in [1.82, 2.24) is 0 Å². The van der Waals surface area contributed by atoms with E-state index in [4.69, 9.17) is 4.74 Å². The second-order valence-electron chi connectivity index (χ2n) is 4.30. The van der Waals surface area contributed by atoms with Gasteiger partial charge in [-0.15, -0.1) is 11.8 Å². The van der Waals surface area contributed by atoms with Crippen molar-refractivity contribution in [2.24, 2.45) is 0 Å². The summed E-state index contributed by atoms with van der Waals surface area (Å²) in [6, 6.07) is 12.4. The summed E-state index contributed by atoms with van der Waals surface area (Å²) >= 11 is 1.42. The Morgan fingerprint density at radius 3 is 2.65 bits per heavy atom. The zero-order chi connectivity index (χ0) is 14.5. The van der Waals surface area contributed by atoms with Gasteiger partial charge < -0.3 is 4.74 Å². The smallest absolute Gasteiger partial charge is 0.176 e. The van der Waals surface area contributed by atoms with Crippen LogP contribution in [0.1, 0.15) is 15.9 Å². The molecule has 2 aromatic carbocycles. The van der Waals surface area contributed by atoms with Crippen LogP contribution in [0.5, 0.6) is 5.75 Å². The molecule has 0 saturated heterocycles. The number of rotatable bonds is 5. The van der Waals surface area contributed by atoms with E-state index in [1.807, 2.05) is 31.2 Å². The largest absolute Gasteiger partial charge is 0.494 e. The average molecular weight is 290 g/mol. The Bertz CT molecular complexity index is 626. The first-order valence-corrected chi connectivity index (χ1v) is 7.16. The lowest BCUT2D eigenvalue weighted by Crippen LogP contribution is -2.06. The van der Waals surface area contributed by atoms with Crippen LogP contribution in [-0.4, -0.2) is 18.6 Å². The van der Waals surface area contributed by atoms with Gasteiger partial charge in [-0.2, -0.15) is 0 Å². The third kappa shape index (κ3) is 3.20. The zero-order valence-electron chi connectivity index (χ0n) is 11.4. The van der Waals surface area contributed by atoms with Gasteiger partial charge in [-0.1, -0.05) is 24.3 Å². The SMILES string of the molecule is COc1cccc(C(=O)CSc2ccccc2C)c1F. The molecule has 0 aliphatic heterocycles. The van der Waals surface area contributed by atoms with E-state index in [1.54, 1.807) is 6.07 Å². The van der Waals surface area contributed by atoms with Gasteiger partial charge >= 0.3 is 0 Å². The van der Waals surface area contributed by atoms with Gasteiger partial charge in [0.05, 0.1) is 18.4 Å². The number of benzene rings is 2. The Morgan fingerprint density at radius 2 is 1.95 bits per heavy atom. The fourth-order valence-electron chi connectivity index (χ4n) is 1.82. The first-order chi connectivity index (χ1) is 9.63. The molecule has 2 rings (SSSR count). The summed E-state index contributed by atoms with van der Waals surface area (Å²) < 4.78 is 18.9. The van der Waals surface area contributed by atoms with Gasteiger partial charge in [0.1, 0.15) is 0 Å². The molecule has 0 bridgehead atoms. The molecule has 2 aromatic rings. The van der Waals surface area contributed by atoms with Gasteiger partial charge in [-0.25, -0.2) is 4.39 Å². The Labute approximate surface area is 122 Å². The van der Waals surface area contributed by atoms with Crippen molar-refractivity contribution >= 4 is 17.5 Å². The molecular formula is C16H15FO2S. The first-order valence-electron chi connectivity index (χ1n) is 6.17. The topological polar surface area (TPSA) is 26.3 Å². The van der Waals surface area contributed by atoms with Crippen LogP contribution in [-0.2, 0) is 0 Å². The molecule has 4 heteroatoms. The number of thioether (sulfide) groups is 1. The number of methoxy groups -OCH3 is 1. The van der Waals surface area contributed by atoms with E-state index in [-0.39, 0.29) is 22.8 Å². The van der Waals surface area contributed by atoms with Crippen LogP contribution in [0.3, 0.4) is 0 Å². The Kier molecular flexibility index (Phi) is 4.79. The fourth-order valence-corrected chi connectivity index (χ4v) is 2.74. The van der Waals surface area contributed by atoms with E-state index >= 15 is 0 Å². The number of halogens is 1. The van der Waals surface area contributed by atoms with Crippen LogP contribution in [0.4, 0.5) is 4.39 Å². The molecule has 0 saturated carbocycles. The van der Waals surface area contributed by atoms with Crippen LogP contribution in [0.25, 0.3) is 0 Å². The molecule has 20 heavy (non-hydrogen) atoms. The lowest BCUT2D eigenvalue weighted by molar-refractivity contribution is 0.101. The van der Waals surface area contributed by atoms with Crippen LogP contribution in [0.15, 0.2) is 47.4 Å². The number of ether oxygens (including phenoxy) is 1. The van der Waals surface area contributed by atoms with Gasteiger partial charge in [0, 0.05) is 4.90 Å². The van der Waals surface area contributed by atoms with Crippen molar-refractivity contribution < 1.29 is 13.9 Å². The Balaban J connectivity index is 2.12. The molecule has 0 radical (unpaired) electrons. The standard InChI is InChI=1S/C16H15FO2S/c1-11-6-3-4-9-15(11)20-10-13(18)12-7-5-8-14(19-2)16(12)17/h3-9H,10H2,1-2H3. The summed E-state index contributed by atoms with van der Waals surface area (Å²) in [6.45, 7) is 1.99. The molecule has 0 amide bonds. The summed E-state index contributed by atoms with van der Waals surface area (Å²) in [5, 5.41) is 0. The summed E-state index contributed by atoms with van der Waals surface area (Å²) in [5.74, 6) is -0.536. The lowest BCUT2D eigenvalue weighted by atomic mass is 10.1. The van der Waals surface area contributed by atoms with Crippen LogP contribution < -0.4 is 4.74 Å². The van der Waals surface area contributed by atoms with Crippen LogP contribution in [0, 0.1) is 12.7 Å². The number of ketones is 1. The molecule has 104 valence electrons. The van der Waals surface area contributed by atoms with Crippen molar-refractivity contribution in [2.75, 3.05) is 12.9 Å². The first kappa shape index (κ1) is 14.6. The minimum absolute atomic E-state index is 0.0745. The van der Waals surface area contributed by atoms with Crippen molar-refractivity contribution in [2.45, 2.75) is 11.8 Å². The number of hydrogen-bond acceptors (Lipinski definition) is 3. The third-order valence-electron chi connectivity index (χ3n) is 2.94. The van der Waals surface area contributed by atoms with Crippen LogP contribution >= 0.6 is 11.8 Å². The fraction of sp³-hybridized carbons (Fsp3) is 0.188. The molecule has 0 fully saturated rings. The Hall–Kier alpha value is -1.81. The van der Waals surface area contributed by atoms with Crippen molar-refractivity contribution in [1.29, 1.82) is 0 Å². The van der Waals surface area contributed by atoms with Crippen LogP contribution in [0.2, 0.25) is 0 Å². The monoisotopic (exact) mass is 290 g/mol. The van der Waals surface area contributed by atoms with E-state index in [0.717, 1.165) is 10.5 Å². The molecule has 0 aliphatic carbocycles. The summed E-state index contributed by atoms with van der Waals surface area (Å²) in [4.78, 5) is 13.1. The van der Waals surface area contributed by atoms with E-state index in [1.165, 1.54) is 31.0 Å². The van der Waals surface area contributed by atoms with E-state index in [9.17, 15) is 9.18 Å². The van der Waals surface area contributed by atoms with Crippen molar-refractivity contribution in [3.05, 3.63) is 59.4 Å². The summed E-state index contributed by atoms with van der Waals surface area (Å²) in [6.07, 6.45) is 0. The highest BCUT2D eigenvalue weighted by atomic mass is 32.2. The maximum atomic E-state index is 14.0. The highest BCUT2D eigenvalue weighted by Gasteiger charge is 2.15. The molecule has 0 N–H and O–H groups in total. The Morgan fingerprint density at radius 1 is 1.20 bits per heavy atom. The van der Waals surface area contributed by atoms with E-state index in [2.05, 4.69) is 0 Å². The molecule has 0 aromatic heterocycles. The van der Waals surface area contributed by atoms with E-state index < -0.39 is 5.82 Å². The second-order valence-corrected chi connectivity index (χ2v) is 5.32. The molecule has 0 atom stereocenters. The van der Waals surface area contributed by atoms with Gasteiger partial charge in [0.15, 0.2) is 17.3 Å². The quantitative estimate of drug-likeness (QED) is 0.612. The maximum Gasteiger partial charge on any atom is 0.176 e. The highest BCUT2D eigenvalue weighted by Crippen LogP contribution is 2.25. The molecule has 0 heterocycles. The third-order valence-corrected chi connectivity index (χ3v) is 4.11. The average Bonchev–Trinajstić information content (AvgIpc) is 2.46. The number of aryl methyl sites for hydroxylation is 1. The molecule has 0 spiro atoms. The highest BCUT2D eigenvalue weighted by molar-refractivity contribution is 8.00. The zero-order valence-corrected chi connectivity index (χ0v) is 12.2. The second kappa shape index (κ2) is 6.57. The van der Waals surface area contributed by atoms with Gasteiger partial charge in [-0.05, 0) is 30.7 Å². The van der Waals surface area contributed by atoms with Crippen molar-refractivity contribution in [3.63, 3.8) is 0 Å². The lowest BCUT2D eigenvalue weighted by Gasteiger charge is -2.07. The maximum absolute atomic E-state index is 14.0. The van der Waals surface area contributed by atoms with Gasteiger partial charge in [0.2, 0.25) is 0 Å². The van der Waals surface area contributed by atoms with Crippen molar-refractivity contribution in [3.8, 4) is 5.75 Å². The van der Waals surface area contributed by atoms with Gasteiger partial charge in [0.25, 0.3) is 0 Å². The molecule has 0 aliphatic rings. The predicted octanol–water partition coefficient (Wildman–Crippen LogP) is 4.12. The minimum Gasteiger partial charge on any atom is -0.494 e. The summed E-state index contributed by atoms with van der Waals surface area (Å²) in [5.41, 5.74) is 1.18. The summed E-state index contributed by atoms with van der Waals surface area (Å²) in [7, 11) is 1.38. The molecule has 2 nitrogen and oxygen atoms in total. The molecular weight excluding hydrogens is 275 g/mol. The number of carbonyl (C=O) groups excluding carboxylic acids is 1. The van der Waals surface area contributed by atoms with Gasteiger partial charge in [-0.3, -0.25) is 4.79 Å². The minimum atomic E-state index is -0.592. The van der Waals surface area contributed by atoms with E-state index in [0.29, 0.717) is 0 Å². The predicted molar refractivity (Wildman–Crippen MR) is 79.2 cm³/mol. The number of Topliss-reactive ketones (excluding diaryl/α,β-unsaturated/α-hetero) is 1. The number of hydrogen-bond donors (Lipinski definition) is 0.